The van der Waals surface area contributed by atoms with Gasteiger partial charge in [-0.3, -0.25) is 15.1 Å². The fraction of sp³-hybridized carbons (Fsp3) is 0.308. The van der Waals surface area contributed by atoms with E-state index in [1.165, 1.54) is 25.4 Å². The minimum absolute atomic E-state index is 0.110. The lowest BCUT2D eigenvalue weighted by atomic mass is 10.2. The van der Waals surface area contributed by atoms with Gasteiger partial charge in [-0.15, -0.1) is 0 Å². The molecule has 2 aromatic rings. The molecule has 1 N–H and O–H groups in total. The normalized spacial score (nSPS) is 10.5. The fourth-order valence-corrected chi connectivity index (χ4v) is 2.19. The van der Waals surface area contributed by atoms with E-state index in [1.54, 1.807) is 0 Å². The van der Waals surface area contributed by atoms with Gasteiger partial charge in [0.2, 0.25) is 5.13 Å². The molecule has 8 heteroatoms. The minimum Gasteiger partial charge on any atom is -0.465 e. The minimum atomic E-state index is -0.524. The summed E-state index contributed by atoms with van der Waals surface area (Å²) in [4.78, 5) is 31.6. The Morgan fingerprint density at radius 1 is 1.38 bits per heavy atom. The van der Waals surface area contributed by atoms with Crippen LogP contribution in [0.5, 0.6) is 0 Å². The van der Waals surface area contributed by atoms with E-state index in [2.05, 4.69) is 24.4 Å². The van der Waals surface area contributed by atoms with E-state index >= 15 is 0 Å². The molecule has 2 aromatic heterocycles. The second-order valence-corrected chi connectivity index (χ2v) is 5.24. The van der Waals surface area contributed by atoms with Crippen molar-refractivity contribution in [3.63, 3.8) is 0 Å². The molecule has 2 rings (SSSR count). The smallest absolute Gasteiger partial charge is 0.337 e. The largest absolute Gasteiger partial charge is 0.465 e. The second-order valence-electron chi connectivity index (χ2n) is 4.49. The number of esters is 1. The molecule has 0 unspecified atom stereocenters. The van der Waals surface area contributed by atoms with Crippen molar-refractivity contribution in [2.45, 2.75) is 19.8 Å². The molecular formula is C13H14N4O3S. The lowest BCUT2D eigenvalue weighted by Gasteiger charge is -2.03. The topological polar surface area (TPSA) is 94.1 Å². The number of hydrogen-bond donors (Lipinski definition) is 1. The Morgan fingerprint density at radius 3 is 2.76 bits per heavy atom. The zero-order valence-corrected chi connectivity index (χ0v) is 12.6. The molecule has 0 aliphatic rings. The number of rotatable bonds is 4. The van der Waals surface area contributed by atoms with Crippen LogP contribution in [0.3, 0.4) is 0 Å². The van der Waals surface area contributed by atoms with Gasteiger partial charge in [0, 0.05) is 23.6 Å². The Bertz CT molecular complexity index is 669. The maximum Gasteiger partial charge on any atom is 0.337 e. The van der Waals surface area contributed by atoms with E-state index in [0.29, 0.717) is 11.0 Å². The van der Waals surface area contributed by atoms with Gasteiger partial charge < -0.3 is 4.74 Å². The molecule has 1 amide bonds. The van der Waals surface area contributed by atoms with Crippen molar-refractivity contribution in [3.8, 4) is 0 Å². The standard InChI is InChI=1S/C13H14N4O3S/c1-7(2)10-15-13(21-17-10)16-11(18)9-6-8(4-5-14-9)12(19)20-3/h4-7H,1-3H3,(H,15,16,17,18). The predicted octanol–water partition coefficient (Wildman–Crippen LogP) is 2.10. The first-order valence-corrected chi connectivity index (χ1v) is 6.98. The van der Waals surface area contributed by atoms with Crippen LogP contribution in [0.15, 0.2) is 18.3 Å². The van der Waals surface area contributed by atoms with Crippen molar-refractivity contribution in [3.05, 3.63) is 35.4 Å². The third kappa shape index (κ3) is 3.60. The summed E-state index contributed by atoms with van der Waals surface area (Å²) in [7, 11) is 1.27. The molecule has 0 aliphatic heterocycles. The van der Waals surface area contributed by atoms with Crippen LogP contribution >= 0.6 is 11.5 Å². The SMILES string of the molecule is COC(=O)c1ccnc(C(=O)Nc2nc(C(C)C)ns2)c1. The first kappa shape index (κ1) is 15.0. The van der Waals surface area contributed by atoms with E-state index in [-0.39, 0.29) is 17.2 Å². The predicted molar refractivity (Wildman–Crippen MR) is 77.5 cm³/mol. The van der Waals surface area contributed by atoms with E-state index in [4.69, 9.17) is 0 Å². The van der Waals surface area contributed by atoms with Gasteiger partial charge in [-0.25, -0.2) is 9.78 Å². The van der Waals surface area contributed by atoms with Gasteiger partial charge in [-0.2, -0.15) is 4.37 Å². The number of aromatic nitrogens is 3. The number of amides is 1. The average molecular weight is 306 g/mol. The van der Waals surface area contributed by atoms with Crippen molar-refractivity contribution in [2.24, 2.45) is 0 Å². The third-order valence-corrected chi connectivity index (χ3v) is 3.24. The number of ether oxygens (including phenoxy) is 1. The molecule has 0 saturated carbocycles. The van der Waals surface area contributed by atoms with Gasteiger partial charge in [0.1, 0.15) is 11.5 Å². The van der Waals surface area contributed by atoms with Gasteiger partial charge in [-0.05, 0) is 12.1 Å². The summed E-state index contributed by atoms with van der Waals surface area (Å²) in [5.41, 5.74) is 0.372. The number of carbonyl (C=O) groups excluding carboxylic acids is 2. The summed E-state index contributed by atoms with van der Waals surface area (Å²) >= 11 is 1.10. The van der Waals surface area contributed by atoms with Crippen molar-refractivity contribution in [2.75, 3.05) is 12.4 Å². The lowest BCUT2D eigenvalue weighted by Crippen LogP contribution is -2.15. The molecule has 0 spiro atoms. The van der Waals surface area contributed by atoms with Crippen LogP contribution in [0.25, 0.3) is 0 Å². The first-order valence-electron chi connectivity index (χ1n) is 6.20. The molecule has 21 heavy (non-hydrogen) atoms. The lowest BCUT2D eigenvalue weighted by molar-refractivity contribution is 0.0600. The van der Waals surface area contributed by atoms with Crippen molar-refractivity contribution < 1.29 is 14.3 Å². The maximum absolute atomic E-state index is 12.1. The molecule has 0 aliphatic carbocycles. The highest BCUT2D eigenvalue weighted by atomic mass is 32.1. The number of nitrogens with one attached hydrogen (secondary N) is 1. The monoisotopic (exact) mass is 306 g/mol. The summed E-state index contributed by atoms with van der Waals surface area (Å²) < 4.78 is 8.74. The van der Waals surface area contributed by atoms with Gasteiger partial charge in [-0.1, -0.05) is 13.8 Å². The van der Waals surface area contributed by atoms with E-state index in [9.17, 15) is 9.59 Å². The molecule has 0 atom stereocenters. The van der Waals surface area contributed by atoms with Gasteiger partial charge in [0.15, 0.2) is 0 Å². The van der Waals surface area contributed by atoms with Crippen LogP contribution in [0.4, 0.5) is 5.13 Å². The number of carbonyl (C=O) groups is 2. The zero-order chi connectivity index (χ0) is 15.4. The molecule has 0 saturated heterocycles. The summed E-state index contributed by atoms with van der Waals surface area (Å²) in [6.45, 7) is 3.93. The second kappa shape index (κ2) is 6.40. The molecule has 7 nitrogen and oxygen atoms in total. The average Bonchev–Trinajstić information content (AvgIpc) is 2.95. The molecular weight excluding hydrogens is 292 g/mol. The molecule has 0 radical (unpaired) electrons. The van der Waals surface area contributed by atoms with Crippen molar-refractivity contribution >= 4 is 28.5 Å². The Balaban J connectivity index is 2.14. The van der Waals surface area contributed by atoms with Crippen LogP contribution in [-0.4, -0.2) is 33.3 Å². The zero-order valence-electron chi connectivity index (χ0n) is 11.8. The highest BCUT2D eigenvalue weighted by molar-refractivity contribution is 7.09. The fourth-order valence-electron chi connectivity index (χ4n) is 1.48. The van der Waals surface area contributed by atoms with Crippen molar-refractivity contribution in [1.29, 1.82) is 0 Å². The first-order chi connectivity index (χ1) is 10.0. The van der Waals surface area contributed by atoms with Gasteiger partial charge in [0.05, 0.1) is 12.7 Å². The quantitative estimate of drug-likeness (QED) is 0.869. The molecule has 110 valence electrons. The van der Waals surface area contributed by atoms with Crippen LogP contribution in [0.1, 0.15) is 46.4 Å². The highest BCUT2D eigenvalue weighted by Gasteiger charge is 2.15. The van der Waals surface area contributed by atoms with Gasteiger partial charge >= 0.3 is 5.97 Å². The number of pyridine rings is 1. The number of nitrogens with zero attached hydrogens (tertiary/aromatic N) is 3. The molecule has 0 bridgehead atoms. The molecule has 2 heterocycles. The molecule has 0 fully saturated rings. The van der Waals surface area contributed by atoms with E-state index < -0.39 is 11.9 Å². The maximum atomic E-state index is 12.1. The van der Waals surface area contributed by atoms with Crippen LogP contribution < -0.4 is 5.32 Å². The number of hydrogen-bond acceptors (Lipinski definition) is 7. The van der Waals surface area contributed by atoms with Gasteiger partial charge in [0.25, 0.3) is 5.91 Å². The van der Waals surface area contributed by atoms with E-state index in [0.717, 1.165) is 11.5 Å². The van der Waals surface area contributed by atoms with Crippen molar-refractivity contribution in [1.82, 2.24) is 14.3 Å². The summed E-state index contributed by atoms with van der Waals surface area (Å²) in [5, 5.41) is 3.01. The Hall–Kier alpha value is -2.35. The summed E-state index contributed by atoms with van der Waals surface area (Å²) in [6.07, 6.45) is 1.38. The third-order valence-electron chi connectivity index (χ3n) is 2.59. The Morgan fingerprint density at radius 2 is 2.14 bits per heavy atom. The Labute approximate surface area is 125 Å². The van der Waals surface area contributed by atoms with Crippen LogP contribution in [0, 0.1) is 0 Å². The number of methoxy groups -OCH3 is 1. The summed E-state index contributed by atoms with van der Waals surface area (Å²) in [5.74, 6) is -0.115. The van der Waals surface area contributed by atoms with Crippen LogP contribution in [-0.2, 0) is 4.74 Å². The van der Waals surface area contributed by atoms with Crippen LogP contribution in [0.2, 0.25) is 0 Å². The van der Waals surface area contributed by atoms with E-state index in [1.807, 2.05) is 13.8 Å². The highest BCUT2D eigenvalue weighted by Crippen LogP contribution is 2.18. The Kier molecular flexibility index (Phi) is 4.59. The number of anilines is 1. The summed E-state index contributed by atoms with van der Waals surface area (Å²) in [6, 6.07) is 2.84. The molecule has 0 aromatic carbocycles.